The molecule has 0 atom stereocenters. The Balaban J connectivity index is 1.64. The third kappa shape index (κ3) is 6.70. The van der Waals surface area contributed by atoms with E-state index in [9.17, 15) is 14.9 Å². The van der Waals surface area contributed by atoms with Crippen molar-refractivity contribution in [3.8, 4) is 11.8 Å². The molecule has 0 saturated heterocycles. The minimum absolute atomic E-state index is 0.0743. The van der Waals surface area contributed by atoms with Crippen LogP contribution in [0.5, 0.6) is 5.75 Å². The molecule has 2 amide bonds. The maximum atomic E-state index is 12.4. The highest BCUT2D eigenvalue weighted by atomic mass is 35.5. The fourth-order valence-electron chi connectivity index (χ4n) is 2.96. The van der Waals surface area contributed by atoms with Gasteiger partial charge >= 0.3 is 0 Å². The van der Waals surface area contributed by atoms with E-state index in [1.165, 1.54) is 6.08 Å². The van der Waals surface area contributed by atoms with E-state index in [2.05, 4.69) is 10.6 Å². The second-order valence-electron chi connectivity index (χ2n) is 7.29. The van der Waals surface area contributed by atoms with E-state index < -0.39 is 5.91 Å². The summed E-state index contributed by atoms with van der Waals surface area (Å²) < 4.78 is 5.60. The van der Waals surface area contributed by atoms with Gasteiger partial charge in [-0.25, -0.2) is 0 Å². The van der Waals surface area contributed by atoms with Crippen molar-refractivity contribution in [3.05, 3.63) is 94.0 Å². The molecule has 0 saturated carbocycles. The molecule has 6 nitrogen and oxygen atoms in total. The number of hydrogen-bond acceptors (Lipinski definition) is 4. The number of nitrogens with one attached hydrogen (secondary N) is 2. The first kappa shape index (κ1) is 23.6. The lowest BCUT2D eigenvalue weighted by Gasteiger charge is -2.11. The molecule has 0 aliphatic rings. The molecule has 3 rings (SSSR count). The van der Waals surface area contributed by atoms with Crippen LogP contribution in [0.4, 0.5) is 11.4 Å². The number of carbonyl (C=O) groups is 2. The Bertz CT molecular complexity index is 1240. The van der Waals surface area contributed by atoms with Gasteiger partial charge in [0.15, 0.2) is 6.61 Å². The van der Waals surface area contributed by atoms with E-state index in [-0.39, 0.29) is 18.1 Å². The highest BCUT2D eigenvalue weighted by molar-refractivity contribution is 6.30. The highest BCUT2D eigenvalue weighted by Gasteiger charge is 2.11. The van der Waals surface area contributed by atoms with Gasteiger partial charge in [-0.3, -0.25) is 9.59 Å². The minimum Gasteiger partial charge on any atom is -0.484 e. The normalized spacial score (nSPS) is 10.8. The van der Waals surface area contributed by atoms with Crippen LogP contribution in [0.15, 0.2) is 72.3 Å². The molecule has 0 aliphatic carbocycles. The molecule has 166 valence electrons. The maximum Gasteiger partial charge on any atom is 0.266 e. The quantitative estimate of drug-likeness (QED) is 0.359. The molecular weight excluding hydrogens is 438 g/mol. The molecule has 0 bridgehead atoms. The second-order valence-corrected chi connectivity index (χ2v) is 7.72. The summed E-state index contributed by atoms with van der Waals surface area (Å²) in [6.45, 7) is 3.74. The predicted octanol–water partition coefficient (Wildman–Crippen LogP) is 5.52. The zero-order chi connectivity index (χ0) is 23.8. The summed E-state index contributed by atoms with van der Waals surface area (Å²) in [7, 11) is 0. The topological polar surface area (TPSA) is 91.2 Å². The smallest absolute Gasteiger partial charge is 0.266 e. The first-order valence-corrected chi connectivity index (χ1v) is 10.5. The van der Waals surface area contributed by atoms with Gasteiger partial charge in [0.2, 0.25) is 0 Å². The number of rotatable bonds is 7. The first-order chi connectivity index (χ1) is 15.9. The third-order valence-corrected chi connectivity index (χ3v) is 5.14. The number of hydrogen-bond donors (Lipinski definition) is 2. The van der Waals surface area contributed by atoms with Crippen molar-refractivity contribution in [1.82, 2.24) is 0 Å². The van der Waals surface area contributed by atoms with Gasteiger partial charge in [0.1, 0.15) is 17.4 Å². The van der Waals surface area contributed by atoms with Crippen LogP contribution in [0.2, 0.25) is 5.02 Å². The number of nitriles is 1. The van der Waals surface area contributed by atoms with Gasteiger partial charge in [0.25, 0.3) is 11.8 Å². The molecule has 0 unspecified atom stereocenters. The van der Waals surface area contributed by atoms with Crippen LogP contribution in [-0.2, 0) is 9.59 Å². The van der Waals surface area contributed by atoms with Gasteiger partial charge in [-0.15, -0.1) is 0 Å². The summed E-state index contributed by atoms with van der Waals surface area (Å²) in [6, 6.07) is 21.0. The van der Waals surface area contributed by atoms with E-state index >= 15 is 0 Å². The van der Waals surface area contributed by atoms with Crippen LogP contribution in [0, 0.1) is 25.2 Å². The molecule has 3 aromatic carbocycles. The Hall–Kier alpha value is -4.08. The van der Waals surface area contributed by atoms with Crippen molar-refractivity contribution in [2.45, 2.75) is 13.8 Å². The van der Waals surface area contributed by atoms with Gasteiger partial charge < -0.3 is 15.4 Å². The van der Waals surface area contributed by atoms with Crippen LogP contribution < -0.4 is 15.4 Å². The van der Waals surface area contributed by atoms with Gasteiger partial charge in [-0.2, -0.15) is 5.26 Å². The highest BCUT2D eigenvalue weighted by Crippen LogP contribution is 2.20. The number of aryl methyl sites for hydroxylation is 1. The molecule has 7 heteroatoms. The lowest BCUT2D eigenvalue weighted by Crippen LogP contribution is -2.20. The minimum atomic E-state index is -0.543. The van der Waals surface area contributed by atoms with Gasteiger partial charge in [-0.1, -0.05) is 35.9 Å². The van der Waals surface area contributed by atoms with Crippen molar-refractivity contribution < 1.29 is 14.3 Å². The first-order valence-electron chi connectivity index (χ1n) is 10.1. The molecule has 0 aliphatic heterocycles. The molecule has 0 radical (unpaired) electrons. The summed E-state index contributed by atoms with van der Waals surface area (Å²) in [5.41, 5.74) is 3.86. The fourth-order valence-corrected chi connectivity index (χ4v) is 3.09. The van der Waals surface area contributed by atoms with Crippen LogP contribution >= 0.6 is 11.6 Å². The number of amides is 2. The maximum absolute atomic E-state index is 12.4. The van der Waals surface area contributed by atoms with E-state index in [0.717, 1.165) is 16.8 Å². The lowest BCUT2D eigenvalue weighted by atomic mass is 10.1. The molecule has 33 heavy (non-hydrogen) atoms. The van der Waals surface area contributed by atoms with Crippen molar-refractivity contribution in [1.29, 1.82) is 5.26 Å². The van der Waals surface area contributed by atoms with Gasteiger partial charge in [0.05, 0.1) is 0 Å². The van der Waals surface area contributed by atoms with Crippen molar-refractivity contribution in [3.63, 3.8) is 0 Å². The number of anilines is 2. The van der Waals surface area contributed by atoms with E-state index in [1.54, 1.807) is 48.5 Å². The van der Waals surface area contributed by atoms with E-state index in [0.29, 0.717) is 22.0 Å². The monoisotopic (exact) mass is 459 g/mol. The largest absolute Gasteiger partial charge is 0.484 e. The molecule has 0 fully saturated rings. The van der Waals surface area contributed by atoms with E-state index in [4.69, 9.17) is 16.3 Å². The number of ether oxygens (including phenoxy) is 1. The van der Waals surface area contributed by atoms with Crippen LogP contribution in [0.3, 0.4) is 0 Å². The Labute approximate surface area is 197 Å². The number of nitrogens with zero attached hydrogens (tertiary/aromatic N) is 1. The Kier molecular flexibility index (Phi) is 7.85. The zero-order valence-corrected chi connectivity index (χ0v) is 18.9. The summed E-state index contributed by atoms with van der Waals surface area (Å²) in [4.78, 5) is 24.7. The average Bonchev–Trinajstić information content (AvgIpc) is 2.81. The van der Waals surface area contributed by atoms with Crippen molar-refractivity contribution in [2.75, 3.05) is 17.2 Å². The summed E-state index contributed by atoms with van der Waals surface area (Å²) >= 11 is 5.85. The zero-order valence-electron chi connectivity index (χ0n) is 18.2. The number of carbonyl (C=O) groups excluding carboxylic acids is 2. The Morgan fingerprint density at radius 3 is 2.48 bits per heavy atom. The summed E-state index contributed by atoms with van der Waals surface area (Å²) in [5.74, 6) is -0.390. The molecule has 3 aromatic rings. The van der Waals surface area contributed by atoms with Crippen LogP contribution in [0.1, 0.15) is 16.7 Å². The lowest BCUT2D eigenvalue weighted by molar-refractivity contribution is -0.118. The third-order valence-electron chi connectivity index (χ3n) is 4.88. The van der Waals surface area contributed by atoms with Crippen molar-refractivity contribution in [2.24, 2.45) is 0 Å². The average molecular weight is 460 g/mol. The van der Waals surface area contributed by atoms with Crippen molar-refractivity contribution >= 4 is 40.9 Å². The van der Waals surface area contributed by atoms with Crippen LogP contribution in [-0.4, -0.2) is 18.4 Å². The van der Waals surface area contributed by atoms with Gasteiger partial charge in [0, 0.05) is 16.4 Å². The Morgan fingerprint density at radius 1 is 1.03 bits per heavy atom. The SMILES string of the molecule is Cc1cccc(NC(=O)COc2cccc(/C=C(/C#N)C(=O)Nc3ccc(Cl)cc3)c2)c1C. The number of halogens is 1. The predicted molar refractivity (Wildman–Crippen MR) is 130 cm³/mol. The molecule has 0 aromatic heterocycles. The molecule has 0 heterocycles. The fraction of sp³-hybridized carbons (Fsp3) is 0.115. The standard InChI is InChI=1S/C26H22ClN3O3/c1-17-5-3-8-24(18(17)2)30-25(31)16-33-23-7-4-6-19(14-23)13-20(15-28)26(32)29-22-11-9-21(27)10-12-22/h3-14H,16H2,1-2H3,(H,29,32)(H,30,31)/b20-13-. The molecular formula is C26H22ClN3O3. The number of benzene rings is 3. The van der Waals surface area contributed by atoms with E-state index in [1.807, 2.05) is 38.1 Å². The summed E-state index contributed by atoms with van der Waals surface area (Å²) in [6.07, 6.45) is 1.45. The Morgan fingerprint density at radius 2 is 1.76 bits per heavy atom. The van der Waals surface area contributed by atoms with Crippen LogP contribution in [0.25, 0.3) is 6.08 Å². The molecule has 2 N–H and O–H groups in total. The van der Waals surface area contributed by atoms with Gasteiger partial charge in [-0.05, 0) is 79.1 Å². The second kappa shape index (κ2) is 11.0. The summed E-state index contributed by atoms with van der Waals surface area (Å²) in [5, 5.41) is 15.5. The molecule has 0 spiro atoms.